The zero-order valence-electron chi connectivity index (χ0n) is 23.3. The maximum Gasteiger partial charge on any atom is 0.252 e. The molecule has 0 aliphatic heterocycles. The van der Waals surface area contributed by atoms with Gasteiger partial charge in [-0.1, -0.05) is 37.3 Å². The number of anilines is 1. The number of carbonyl (C=O) groups is 2. The quantitative estimate of drug-likeness (QED) is 0.210. The minimum atomic E-state index is -1.09. The molecule has 4 rings (SSSR count). The Kier molecular flexibility index (Phi) is 9.75. The number of hydrogen-bond acceptors (Lipinski definition) is 5. The molecule has 9 heteroatoms. The van der Waals surface area contributed by atoms with Crippen molar-refractivity contribution in [2.75, 3.05) is 11.9 Å². The molecular formula is C32H34F2N4O3. The molecule has 2 unspecified atom stereocenters. The van der Waals surface area contributed by atoms with E-state index >= 15 is 0 Å². The summed E-state index contributed by atoms with van der Waals surface area (Å²) in [5, 5.41) is 20.5. The Morgan fingerprint density at radius 1 is 0.951 bits per heavy atom. The number of nitrogens with zero attached hydrogens (tertiary/aromatic N) is 1. The van der Waals surface area contributed by atoms with Crippen LogP contribution in [0, 0.1) is 18.6 Å². The Morgan fingerprint density at radius 3 is 2.39 bits per heavy atom. The van der Waals surface area contributed by atoms with Gasteiger partial charge in [-0.25, -0.2) is 8.78 Å². The fourth-order valence-electron chi connectivity index (χ4n) is 4.78. The first-order chi connectivity index (χ1) is 19.6. The average molecular weight is 561 g/mol. The van der Waals surface area contributed by atoms with Crippen molar-refractivity contribution in [3.8, 4) is 0 Å². The van der Waals surface area contributed by atoms with E-state index in [2.05, 4.69) is 33.9 Å². The minimum Gasteiger partial charge on any atom is -0.390 e. The highest BCUT2D eigenvalue weighted by Crippen LogP contribution is 2.24. The van der Waals surface area contributed by atoms with Gasteiger partial charge in [-0.05, 0) is 66.8 Å². The number of nitrogens with one attached hydrogen (secondary N) is 3. The predicted octanol–water partition coefficient (Wildman–Crippen LogP) is 4.83. The van der Waals surface area contributed by atoms with Crippen LogP contribution in [0.2, 0.25) is 0 Å². The van der Waals surface area contributed by atoms with E-state index < -0.39 is 29.7 Å². The van der Waals surface area contributed by atoms with Crippen LogP contribution < -0.4 is 16.0 Å². The number of carbonyl (C=O) groups excluding carboxylic acids is 2. The van der Waals surface area contributed by atoms with Gasteiger partial charge in [0.15, 0.2) is 0 Å². The molecule has 0 spiro atoms. The van der Waals surface area contributed by atoms with E-state index in [4.69, 9.17) is 0 Å². The standard InChI is InChI=1S/C32H34F2N4O3/c1-4-21-6-5-7-22(10-21)17-35-18-31(40)30(13-23-11-24(33)14-25(34)12-23)38-32(41)28-15-26(37-20(3)39)16-29-27(28)9-8-19(2)36-29/h5-12,14-16,30-31,35,40H,4,13,17-18H2,1-3H3,(H,37,39)(H,38,41). The number of aliphatic hydroxyl groups is 1. The summed E-state index contributed by atoms with van der Waals surface area (Å²) in [6, 6.07) is 17.1. The van der Waals surface area contributed by atoms with Crippen molar-refractivity contribution < 1.29 is 23.5 Å². The van der Waals surface area contributed by atoms with Gasteiger partial charge in [0.1, 0.15) is 11.6 Å². The number of fused-ring (bicyclic) bond motifs is 1. The molecular weight excluding hydrogens is 526 g/mol. The van der Waals surface area contributed by atoms with Crippen molar-refractivity contribution in [1.82, 2.24) is 15.6 Å². The fraction of sp³-hybridized carbons (Fsp3) is 0.281. The van der Waals surface area contributed by atoms with E-state index in [0.29, 0.717) is 23.1 Å². The van der Waals surface area contributed by atoms with E-state index in [0.717, 1.165) is 23.7 Å². The van der Waals surface area contributed by atoms with Crippen LogP contribution >= 0.6 is 0 Å². The van der Waals surface area contributed by atoms with Crippen LogP contribution in [-0.2, 0) is 24.2 Å². The molecule has 0 aliphatic rings. The molecule has 1 heterocycles. The predicted molar refractivity (Wildman–Crippen MR) is 156 cm³/mol. The van der Waals surface area contributed by atoms with E-state index in [1.165, 1.54) is 24.6 Å². The van der Waals surface area contributed by atoms with Crippen LogP contribution in [0.15, 0.2) is 66.7 Å². The van der Waals surface area contributed by atoms with Gasteiger partial charge in [-0.3, -0.25) is 14.6 Å². The first-order valence-electron chi connectivity index (χ1n) is 13.5. The third-order valence-corrected chi connectivity index (χ3v) is 6.75. The van der Waals surface area contributed by atoms with Crippen molar-refractivity contribution in [3.63, 3.8) is 0 Å². The number of aryl methyl sites for hydroxylation is 2. The van der Waals surface area contributed by atoms with Crippen LogP contribution in [0.4, 0.5) is 14.5 Å². The number of rotatable bonds is 11. The average Bonchev–Trinajstić information content (AvgIpc) is 2.91. The molecule has 0 aliphatic carbocycles. The summed E-state index contributed by atoms with van der Waals surface area (Å²) in [7, 11) is 0. The number of aromatic nitrogens is 1. The van der Waals surface area contributed by atoms with Gasteiger partial charge in [0.2, 0.25) is 5.91 Å². The van der Waals surface area contributed by atoms with Crippen LogP contribution in [0.1, 0.15) is 46.6 Å². The Balaban J connectivity index is 1.59. The van der Waals surface area contributed by atoms with Gasteiger partial charge in [-0.2, -0.15) is 0 Å². The molecule has 4 aromatic rings. The van der Waals surface area contributed by atoms with Gasteiger partial charge in [0.05, 0.1) is 23.2 Å². The molecule has 3 aromatic carbocycles. The second kappa shape index (κ2) is 13.4. The highest BCUT2D eigenvalue weighted by atomic mass is 19.1. The van der Waals surface area contributed by atoms with Gasteiger partial charge < -0.3 is 21.1 Å². The van der Waals surface area contributed by atoms with Gasteiger partial charge in [-0.15, -0.1) is 0 Å². The van der Waals surface area contributed by atoms with Crippen LogP contribution in [0.25, 0.3) is 10.9 Å². The number of amides is 2. The zero-order valence-corrected chi connectivity index (χ0v) is 23.3. The summed E-state index contributed by atoms with van der Waals surface area (Å²) in [6.45, 7) is 5.87. The summed E-state index contributed by atoms with van der Waals surface area (Å²) < 4.78 is 27.9. The highest BCUT2D eigenvalue weighted by Gasteiger charge is 2.24. The van der Waals surface area contributed by atoms with E-state index in [-0.39, 0.29) is 30.0 Å². The fourth-order valence-corrected chi connectivity index (χ4v) is 4.78. The second-order valence-electron chi connectivity index (χ2n) is 10.2. The molecule has 0 bridgehead atoms. The lowest BCUT2D eigenvalue weighted by molar-refractivity contribution is -0.114. The minimum absolute atomic E-state index is 0.0186. The highest BCUT2D eigenvalue weighted by molar-refractivity contribution is 6.08. The maximum absolute atomic E-state index is 14.0. The third-order valence-electron chi connectivity index (χ3n) is 6.75. The Bertz CT molecular complexity index is 1540. The molecule has 0 saturated carbocycles. The lowest BCUT2D eigenvalue weighted by Gasteiger charge is -2.25. The van der Waals surface area contributed by atoms with Crippen molar-refractivity contribution in [2.24, 2.45) is 0 Å². The van der Waals surface area contributed by atoms with Crippen LogP contribution in [0.5, 0.6) is 0 Å². The summed E-state index contributed by atoms with van der Waals surface area (Å²) in [6.07, 6.45) is -0.207. The lowest BCUT2D eigenvalue weighted by atomic mass is 9.99. The Hall–Kier alpha value is -4.21. The first kappa shape index (κ1) is 29.8. The number of pyridine rings is 1. The van der Waals surface area contributed by atoms with Crippen LogP contribution in [0.3, 0.4) is 0 Å². The molecule has 1 aromatic heterocycles. The summed E-state index contributed by atoms with van der Waals surface area (Å²) >= 11 is 0. The van der Waals surface area contributed by atoms with Gasteiger partial charge >= 0.3 is 0 Å². The number of benzene rings is 3. The van der Waals surface area contributed by atoms with Crippen molar-refractivity contribution in [1.29, 1.82) is 0 Å². The molecule has 2 amide bonds. The molecule has 41 heavy (non-hydrogen) atoms. The monoisotopic (exact) mass is 560 g/mol. The van der Waals surface area contributed by atoms with Crippen molar-refractivity contribution in [3.05, 3.63) is 106 Å². The molecule has 0 radical (unpaired) electrons. The number of halogens is 2. The third kappa shape index (κ3) is 8.15. The van der Waals surface area contributed by atoms with Gasteiger partial charge in [0, 0.05) is 42.8 Å². The summed E-state index contributed by atoms with van der Waals surface area (Å²) in [5.74, 6) is -2.32. The topological polar surface area (TPSA) is 103 Å². The largest absolute Gasteiger partial charge is 0.390 e. The van der Waals surface area contributed by atoms with E-state index in [1.807, 2.05) is 25.1 Å². The van der Waals surface area contributed by atoms with Gasteiger partial charge in [0.25, 0.3) is 5.91 Å². The Morgan fingerprint density at radius 2 is 1.68 bits per heavy atom. The SMILES string of the molecule is CCc1cccc(CNCC(O)C(Cc2cc(F)cc(F)c2)NC(=O)c2cc(NC(C)=O)cc3nc(C)ccc23)c1. The Labute approximate surface area is 238 Å². The molecule has 0 saturated heterocycles. The van der Waals surface area contributed by atoms with Crippen molar-refractivity contribution >= 4 is 28.4 Å². The molecule has 2 atom stereocenters. The lowest BCUT2D eigenvalue weighted by Crippen LogP contribution is -2.48. The number of aliphatic hydroxyl groups excluding tert-OH is 1. The number of hydrogen-bond donors (Lipinski definition) is 4. The normalized spacial score (nSPS) is 12.6. The van der Waals surface area contributed by atoms with E-state index in [1.54, 1.807) is 24.3 Å². The molecule has 7 nitrogen and oxygen atoms in total. The molecule has 214 valence electrons. The zero-order chi connectivity index (χ0) is 29.5. The van der Waals surface area contributed by atoms with E-state index in [9.17, 15) is 23.5 Å². The maximum atomic E-state index is 14.0. The molecule has 4 N–H and O–H groups in total. The second-order valence-corrected chi connectivity index (χ2v) is 10.2. The van der Waals surface area contributed by atoms with Crippen LogP contribution in [-0.4, -0.2) is 40.6 Å². The summed E-state index contributed by atoms with van der Waals surface area (Å²) in [4.78, 5) is 29.9. The van der Waals surface area contributed by atoms with Crippen molar-refractivity contribution in [2.45, 2.75) is 52.3 Å². The first-order valence-corrected chi connectivity index (χ1v) is 13.5. The summed E-state index contributed by atoms with van der Waals surface area (Å²) in [5.41, 5.74) is 4.42. The molecule has 0 fully saturated rings. The smallest absolute Gasteiger partial charge is 0.252 e.